The van der Waals surface area contributed by atoms with Crippen molar-refractivity contribution < 1.29 is 19.0 Å². The van der Waals surface area contributed by atoms with Crippen LogP contribution in [0.4, 0.5) is 4.79 Å². The molecular weight excluding hydrogens is 246 g/mol. The Morgan fingerprint density at radius 1 is 1.32 bits per heavy atom. The molecule has 0 saturated carbocycles. The van der Waals surface area contributed by atoms with Gasteiger partial charge in [-0.3, -0.25) is 0 Å². The summed E-state index contributed by atoms with van der Waals surface area (Å²) in [7, 11) is 3.19. The van der Waals surface area contributed by atoms with E-state index < -0.39 is 6.09 Å². The average Bonchev–Trinajstić information content (AvgIpc) is 2.40. The number of rotatable bonds is 3. The van der Waals surface area contributed by atoms with Crippen molar-refractivity contribution in [3.8, 4) is 11.5 Å². The SMILES string of the molecule is COc1cccc([C@@H]2NC(=O)OCC2(C)C)c1OC. The van der Waals surface area contributed by atoms with Crippen LogP contribution in [0.25, 0.3) is 0 Å². The number of cyclic esters (lactones) is 1. The van der Waals surface area contributed by atoms with Crippen LogP contribution in [0, 0.1) is 5.41 Å². The molecule has 1 saturated heterocycles. The van der Waals surface area contributed by atoms with Gasteiger partial charge in [-0.05, 0) is 6.07 Å². The Labute approximate surface area is 112 Å². The molecule has 0 aliphatic carbocycles. The molecule has 104 valence electrons. The minimum Gasteiger partial charge on any atom is -0.493 e. The quantitative estimate of drug-likeness (QED) is 0.912. The van der Waals surface area contributed by atoms with Crippen LogP contribution in [-0.4, -0.2) is 26.9 Å². The van der Waals surface area contributed by atoms with Gasteiger partial charge in [-0.1, -0.05) is 26.0 Å². The van der Waals surface area contributed by atoms with Crippen molar-refractivity contribution in [3.63, 3.8) is 0 Å². The van der Waals surface area contributed by atoms with Crippen molar-refractivity contribution >= 4 is 6.09 Å². The minimum absolute atomic E-state index is 0.182. The smallest absolute Gasteiger partial charge is 0.407 e. The van der Waals surface area contributed by atoms with E-state index in [0.717, 1.165) is 5.56 Å². The molecule has 0 spiro atoms. The monoisotopic (exact) mass is 265 g/mol. The summed E-state index contributed by atoms with van der Waals surface area (Å²) >= 11 is 0. The highest BCUT2D eigenvalue weighted by atomic mass is 16.6. The van der Waals surface area contributed by atoms with Gasteiger partial charge in [0.15, 0.2) is 11.5 Å². The second kappa shape index (κ2) is 4.99. The summed E-state index contributed by atoms with van der Waals surface area (Å²) in [6.45, 7) is 4.44. The summed E-state index contributed by atoms with van der Waals surface area (Å²) in [4.78, 5) is 11.5. The van der Waals surface area contributed by atoms with Gasteiger partial charge < -0.3 is 19.5 Å². The lowest BCUT2D eigenvalue weighted by Crippen LogP contribution is -2.47. The van der Waals surface area contributed by atoms with E-state index in [1.807, 2.05) is 32.0 Å². The standard InChI is InChI=1S/C14H19NO4/c1-14(2)8-19-13(16)15-12(14)9-6-5-7-10(17-3)11(9)18-4/h5-7,12H,8H2,1-4H3,(H,15,16)/t12-/m0/s1. The molecule has 1 atom stereocenters. The maximum absolute atomic E-state index is 11.5. The van der Waals surface area contributed by atoms with Gasteiger partial charge in [0, 0.05) is 11.0 Å². The first-order valence-electron chi connectivity index (χ1n) is 6.14. The van der Waals surface area contributed by atoms with Crippen LogP contribution in [0.1, 0.15) is 25.5 Å². The van der Waals surface area contributed by atoms with Crippen LogP contribution < -0.4 is 14.8 Å². The molecule has 1 aliphatic heterocycles. The van der Waals surface area contributed by atoms with Gasteiger partial charge in [0.1, 0.15) is 6.61 Å². The Balaban J connectivity index is 2.47. The lowest BCUT2D eigenvalue weighted by Gasteiger charge is -2.39. The average molecular weight is 265 g/mol. The lowest BCUT2D eigenvalue weighted by atomic mass is 9.80. The zero-order chi connectivity index (χ0) is 14.0. The van der Waals surface area contributed by atoms with E-state index in [2.05, 4.69) is 5.32 Å². The normalized spacial score (nSPS) is 21.3. The predicted octanol–water partition coefficient (Wildman–Crippen LogP) is 2.51. The molecular formula is C14H19NO4. The van der Waals surface area contributed by atoms with E-state index in [1.165, 1.54) is 0 Å². The predicted molar refractivity (Wildman–Crippen MR) is 70.6 cm³/mol. The fourth-order valence-electron chi connectivity index (χ4n) is 2.33. The molecule has 19 heavy (non-hydrogen) atoms. The third kappa shape index (κ3) is 2.45. The first kappa shape index (κ1) is 13.5. The zero-order valence-corrected chi connectivity index (χ0v) is 11.6. The number of hydrogen-bond acceptors (Lipinski definition) is 4. The molecule has 1 fully saturated rings. The first-order valence-corrected chi connectivity index (χ1v) is 6.14. The molecule has 1 aromatic rings. The van der Waals surface area contributed by atoms with Crippen molar-refractivity contribution in [1.82, 2.24) is 5.32 Å². The number of methoxy groups -OCH3 is 2. The zero-order valence-electron chi connectivity index (χ0n) is 11.6. The number of carbonyl (C=O) groups is 1. The molecule has 0 unspecified atom stereocenters. The Bertz CT molecular complexity index is 484. The Hall–Kier alpha value is -1.91. The van der Waals surface area contributed by atoms with Gasteiger partial charge in [-0.25, -0.2) is 4.79 Å². The van der Waals surface area contributed by atoms with Gasteiger partial charge in [-0.2, -0.15) is 0 Å². The summed E-state index contributed by atoms with van der Waals surface area (Å²) < 4.78 is 15.8. The number of ether oxygens (including phenoxy) is 3. The van der Waals surface area contributed by atoms with Gasteiger partial charge in [0.2, 0.25) is 0 Å². The molecule has 2 rings (SSSR count). The van der Waals surface area contributed by atoms with Crippen LogP contribution in [-0.2, 0) is 4.74 Å². The van der Waals surface area contributed by atoms with E-state index in [0.29, 0.717) is 18.1 Å². The maximum Gasteiger partial charge on any atom is 0.407 e. The van der Waals surface area contributed by atoms with Crippen molar-refractivity contribution in [2.75, 3.05) is 20.8 Å². The van der Waals surface area contributed by atoms with Crippen molar-refractivity contribution in [3.05, 3.63) is 23.8 Å². The van der Waals surface area contributed by atoms with Crippen LogP contribution in [0.5, 0.6) is 11.5 Å². The molecule has 0 radical (unpaired) electrons. The van der Waals surface area contributed by atoms with Gasteiger partial charge >= 0.3 is 6.09 Å². The van der Waals surface area contributed by atoms with Gasteiger partial charge in [-0.15, -0.1) is 0 Å². The Kier molecular flexibility index (Phi) is 3.55. The number of carbonyl (C=O) groups excluding carboxylic acids is 1. The number of alkyl carbamates (subject to hydrolysis) is 1. The van der Waals surface area contributed by atoms with Crippen molar-refractivity contribution in [1.29, 1.82) is 0 Å². The fraction of sp³-hybridized carbons (Fsp3) is 0.500. The first-order chi connectivity index (χ1) is 8.99. The molecule has 0 bridgehead atoms. The maximum atomic E-state index is 11.5. The Morgan fingerprint density at radius 2 is 2.05 bits per heavy atom. The molecule has 0 aromatic heterocycles. The molecule has 1 heterocycles. The highest BCUT2D eigenvalue weighted by molar-refractivity contribution is 5.69. The minimum atomic E-state index is -0.408. The fourth-order valence-corrected chi connectivity index (χ4v) is 2.33. The number of hydrogen-bond donors (Lipinski definition) is 1. The summed E-state index contributed by atoms with van der Waals surface area (Å²) in [5, 5.41) is 2.85. The molecule has 5 nitrogen and oxygen atoms in total. The van der Waals surface area contributed by atoms with E-state index in [9.17, 15) is 4.79 Å². The van der Waals surface area contributed by atoms with Crippen LogP contribution in [0.15, 0.2) is 18.2 Å². The van der Waals surface area contributed by atoms with Crippen molar-refractivity contribution in [2.45, 2.75) is 19.9 Å². The van der Waals surface area contributed by atoms with E-state index in [-0.39, 0.29) is 11.5 Å². The number of para-hydroxylation sites is 1. The second-order valence-corrected chi connectivity index (χ2v) is 5.22. The second-order valence-electron chi connectivity index (χ2n) is 5.22. The van der Waals surface area contributed by atoms with Crippen LogP contribution >= 0.6 is 0 Å². The highest BCUT2D eigenvalue weighted by Gasteiger charge is 2.39. The summed E-state index contributed by atoms with van der Waals surface area (Å²) in [6, 6.07) is 5.46. The number of benzene rings is 1. The largest absolute Gasteiger partial charge is 0.493 e. The summed E-state index contributed by atoms with van der Waals surface area (Å²) in [5.41, 5.74) is 0.664. The van der Waals surface area contributed by atoms with E-state index in [4.69, 9.17) is 14.2 Å². The number of nitrogens with one attached hydrogen (secondary N) is 1. The van der Waals surface area contributed by atoms with E-state index >= 15 is 0 Å². The molecule has 1 aliphatic rings. The van der Waals surface area contributed by atoms with E-state index in [1.54, 1.807) is 14.2 Å². The lowest BCUT2D eigenvalue weighted by molar-refractivity contribution is 0.0380. The summed E-state index contributed by atoms with van der Waals surface area (Å²) in [5.74, 6) is 1.29. The summed E-state index contributed by atoms with van der Waals surface area (Å²) in [6.07, 6.45) is -0.408. The molecule has 5 heteroatoms. The van der Waals surface area contributed by atoms with Crippen LogP contribution in [0.2, 0.25) is 0 Å². The highest BCUT2D eigenvalue weighted by Crippen LogP contribution is 2.43. The van der Waals surface area contributed by atoms with Gasteiger partial charge in [0.25, 0.3) is 0 Å². The molecule has 1 aromatic carbocycles. The number of amides is 1. The van der Waals surface area contributed by atoms with Crippen molar-refractivity contribution in [2.24, 2.45) is 5.41 Å². The molecule has 1 N–H and O–H groups in total. The Morgan fingerprint density at radius 3 is 2.68 bits per heavy atom. The third-order valence-electron chi connectivity index (χ3n) is 3.36. The van der Waals surface area contributed by atoms with Gasteiger partial charge in [0.05, 0.1) is 20.3 Å². The topological polar surface area (TPSA) is 56.8 Å². The van der Waals surface area contributed by atoms with Crippen LogP contribution in [0.3, 0.4) is 0 Å². The third-order valence-corrected chi connectivity index (χ3v) is 3.36. The molecule has 1 amide bonds.